The topological polar surface area (TPSA) is 28.2 Å². The number of hydrogen-bond acceptors (Lipinski definition) is 3. The lowest BCUT2D eigenvalue weighted by atomic mass is 10.1. The monoisotopic (exact) mass is 259 g/mol. The van der Waals surface area contributed by atoms with Crippen LogP contribution in [0.4, 0.5) is 5.69 Å². The summed E-state index contributed by atoms with van der Waals surface area (Å²) in [5.41, 5.74) is 2.48. The lowest BCUT2D eigenvalue weighted by Gasteiger charge is -2.26. The standard InChI is InChI=1S/C16H25N3/c1-6-10-19(11-7-2)15-13-17-9-8-14(15)12-18-16(3,4)5/h1,8-9,13,18H,7,10-12H2,2-5H3. The molecule has 0 aromatic carbocycles. The molecule has 0 radical (unpaired) electrons. The number of rotatable bonds is 6. The van der Waals surface area contributed by atoms with Crippen LogP contribution >= 0.6 is 0 Å². The van der Waals surface area contributed by atoms with Crippen LogP contribution < -0.4 is 10.2 Å². The van der Waals surface area contributed by atoms with Crippen LogP contribution in [0.5, 0.6) is 0 Å². The molecule has 0 aliphatic rings. The summed E-state index contributed by atoms with van der Waals surface area (Å²) in [6, 6.07) is 2.06. The minimum Gasteiger partial charge on any atom is -0.359 e. The van der Waals surface area contributed by atoms with Crippen molar-refractivity contribution in [1.29, 1.82) is 0 Å². The summed E-state index contributed by atoms with van der Waals surface area (Å²) in [5, 5.41) is 3.51. The summed E-state index contributed by atoms with van der Waals surface area (Å²) < 4.78 is 0. The first-order valence-corrected chi connectivity index (χ1v) is 6.84. The number of aromatic nitrogens is 1. The molecule has 1 rings (SSSR count). The highest BCUT2D eigenvalue weighted by molar-refractivity contribution is 5.52. The second-order valence-corrected chi connectivity index (χ2v) is 5.73. The second kappa shape index (κ2) is 7.16. The Labute approximate surface area is 117 Å². The predicted octanol–water partition coefficient (Wildman–Crippen LogP) is 2.82. The van der Waals surface area contributed by atoms with Gasteiger partial charge in [0.1, 0.15) is 0 Å². The molecule has 0 bridgehead atoms. The van der Waals surface area contributed by atoms with Crippen molar-refractivity contribution >= 4 is 5.69 Å². The van der Waals surface area contributed by atoms with Crippen molar-refractivity contribution in [3.8, 4) is 12.3 Å². The van der Waals surface area contributed by atoms with Gasteiger partial charge in [0.05, 0.1) is 18.4 Å². The Morgan fingerprint density at radius 1 is 1.42 bits per heavy atom. The number of hydrogen-bond donors (Lipinski definition) is 1. The highest BCUT2D eigenvalue weighted by Gasteiger charge is 2.13. The molecule has 3 heteroatoms. The summed E-state index contributed by atoms with van der Waals surface area (Å²) in [7, 11) is 0. The molecule has 1 aromatic heterocycles. The maximum atomic E-state index is 5.46. The molecule has 0 saturated carbocycles. The van der Waals surface area contributed by atoms with Crippen molar-refractivity contribution in [2.24, 2.45) is 0 Å². The second-order valence-electron chi connectivity index (χ2n) is 5.73. The van der Waals surface area contributed by atoms with Crippen molar-refractivity contribution in [2.45, 2.75) is 46.2 Å². The molecule has 0 unspecified atom stereocenters. The van der Waals surface area contributed by atoms with E-state index in [1.165, 1.54) is 5.56 Å². The summed E-state index contributed by atoms with van der Waals surface area (Å²) in [6.45, 7) is 11.1. The maximum absolute atomic E-state index is 5.46. The Bertz CT molecular complexity index is 426. The fourth-order valence-electron chi connectivity index (χ4n) is 1.87. The predicted molar refractivity (Wildman–Crippen MR) is 82.2 cm³/mol. The van der Waals surface area contributed by atoms with Crippen molar-refractivity contribution in [3.05, 3.63) is 24.0 Å². The number of terminal acetylenes is 1. The van der Waals surface area contributed by atoms with Gasteiger partial charge in [0.15, 0.2) is 0 Å². The molecular weight excluding hydrogens is 234 g/mol. The van der Waals surface area contributed by atoms with E-state index in [1.807, 2.05) is 12.4 Å². The number of nitrogens with zero attached hydrogens (tertiary/aromatic N) is 2. The fourth-order valence-corrected chi connectivity index (χ4v) is 1.87. The third-order valence-electron chi connectivity index (χ3n) is 2.81. The first-order valence-electron chi connectivity index (χ1n) is 6.84. The molecule has 3 nitrogen and oxygen atoms in total. The highest BCUT2D eigenvalue weighted by Crippen LogP contribution is 2.20. The average Bonchev–Trinajstić information content (AvgIpc) is 2.36. The summed E-state index contributed by atoms with van der Waals surface area (Å²) >= 11 is 0. The lowest BCUT2D eigenvalue weighted by Crippen LogP contribution is -2.36. The van der Waals surface area contributed by atoms with Crippen LogP contribution in [0.2, 0.25) is 0 Å². The van der Waals surface area contributed by atoms with E-state index in [4.69, 9.17) is 6.42 Å². The zero-order valence-electron chi connectivity index (χ0n) is 12.5. The molecule has 1 N–H and O–H groups in total. The van der Waals surface area contributed by atoms with Crippen molar-refractivity contribution in [1.82, 2.24) is 10.3 Å². The van der Waals surface area contributed by atoms with Crippen LogP contribution in [0, 0.1) is 12.3 Å². The molecule has 1 aromatic rings. The van der Waals surface area contributed by atoms with E-state index in [1.54, 1.807) is 0 Å². The molecule has 0 amide bonds. The third kappa shape index (κ3) is 5.32. The van der Waals surface area contributed by atoms with Gasteiger partial charge >= 0.3 is 0 Å². The summed E-state index contributed by atoms with van der Waals surface area (Å²) in [5.74, 6) is 2.73. The van der Waals surface area contributed by atoms with Crippen LogP contribution in [-0.2, 0) is 6.54 Å². The molecule has 0 saturated heterocycles. The van der Waals surface area contributed by atoms with E-state index in [-0.39, 0.29) is 5.54 Å². The zero-order chi connectivity index (χ0) is 14.3. The van der Waals surface area contributed by atoms with E-state index in [0.29, 0.717) is 6.54 Å². The van der Waals surface area contributed by atoms with Crippen LogP contribution in [0.1, 0.15) is 39.7 Å². The van der Waals surface area contributed by atoms with Crippen molar-refractivity contribution in [2.75, 3.05) is 18.0 Å². The van der Waals surface area contributed by atoms with Crippen LogP contribution in [0.3, 0.4) is 0 Å². The SMILES string of the molecule is C#CCN(CCC)c1cnccc1CNC(C)(C)C. The molecule has 1 heterocycles. The molecule has 19 heavy (non-hydrogen) atoms. The first-order chi connectivity index (χ1) is 8.98. The van der Waals surface area contributed by atoms with Crippen molar-refractivity contribution in [3.63, 3.8) is 0 Å². The molecule has 104 valence electrons. The number of nitrogens with one attached hydrogen (secondary N) is 1. The Kier molecular flexibility index (Phi) is 5.85. The average molecular weight is 259 g/mol. The largest absolute Gasteiger partial charge is 0.359 e. The highest BCUT2D eigenvalue weighted by atomic mass is 15.1. The minimum atomic E-state index is 0.0994. The Balaban J connectivity index is 2.90. The van der Waals surface area contributed by atoms with Crippen LogP contribution in [0.25, 0.3) is 0 Å². The summed E-state index contributed by atoms with van der Waals surface area (Å²) in [6.07, 6.45) is 10.3. The van der Waals surface area contributed by atoms with E-state index < -0.39 is 0 Å². The Morgan fingerprint density at radius 2 is 2.16 bits per heavy atom. The maximum Gasteiger partial charge on any atom is 0.0792 e. The zero-order valence-corrected chi connectivity index (χ0v) is 12.5. The Hall–Kier alpha value is -1.53. The fraction of sp³-hybridized carbons (Fsp3) is 0.562. The summed E-state index contributed by atoms with van der Waals surface area (Å²) in [4.78, 5) is 6.45. The molecular formula is C16H25N3. The lowest BCUT2D eigenvalue weighted by molar-refractivity contribution is 0.424. The molecule has 0 fully saturated rings. The van der Waals surface area contributed by atoms with Crippen LogP contribution in [-0.4, -0.2) is 23.6 Å². The van der Waals surface area contributed by atoms with Gasteiger partial charge in [-0.15, -0.1) is 6.42 Å². The molecule has 0 atom stereocenters. The van der Waals surface area contributed by atoms with E-state index >= 15 is 0 Å². The smallest absolute Gasteiger partial charge is 0.0792 e. The van der Waals surface area contributed by atoms with E-state index in [0.717, 1.165) is 25.2 Å². The third-order valence-corrected chi connectivity index (χ3v) is 2.81. The van der Waals surface area contributed by atoms with E-state index in [9.17, 15) is 0 Å². The minimum absolute atomic E-state index is 0.0994. The van der Waals surface area contributed by atoms with E-state index in [2.05, 4.69) is 54.9 Å². The van der Waals surface area contributed by atoms with Gasteiger partial charge in [0, 0.05) is 24.8 Å². The van der Waals surface area contributed by atoms with Gasteiger partial charge < -0.3 is 10.2 Å². The van der Waals surface area contributed by atoms with Crippen LogP contribution in [0.15, 0.2) is 18.5 Å². The van der Waals surface area contributed by atoms with Crippen molar-refractivity contribution < 1.29 is 0 Å². The number of anilines is 1. The van der Waals surface area contributed by atoms with Gasteiger partial charge in [-0.05, 0) is 38.8 Å². The van der Waals surface area contributed by atoms with Gasteiger partial charge in [-0.25, -0.2) is 0 Å². The molecule has 0 spiro atoms. The van der Waals surface area contributed by atoms with Gasteiger partial charge in [-0.1, -0.05) is 12.8 Å². The normalized spacial score (nSPS) is 11.1. The van der Waals surface area contributed by atoms with Gasteiger partial charge in [0.2, 0.25) is 0 Å². The van der Waals surface area contributed by atoms with Gasteiger partial charge in [0.25, 0.3) is 0 Å². The van der Waals surface area contributed by atoms with Gasteiger partial charge in [-0.2, -0.15) is 0 Å². The molecule has 0 aliphatic carbocycles. The quantitative estimate of drug-likeness (QED) is 0.796. The number of pyridine rings is 1. The Morgan fingerprint density at radius 3 is 2.74 bits per heavy atom. The molecule has 0 aliphatic heterocycles. The van der Waals surface area contributed by atoms with Gasteiger partial charge in [-0.3, -0.25) is 4.98 Å². The first kappa shape index (κ1) is 15.5.